The van der Waals surface area contributed by atoms with Crippen LogP contribution in [0.1, 0.15) is 23.7 Å². The van der Waals surface area contributed by atoms with E-state index in [4.69, 9.17) is 0 Å². The second-order valence-electron chi connectivity index (χ2n) is 5.96. The summed E-state index contributed by atoms with van der Waals surface area (Å²) >= 11 is 1.30. The predicted octanol–water partition coefficient (Wildman–Crippen LogP) is 2.17. The third-order valence-corrected chi connectivity index (χ3v) is 5.12. The van der Waals surface area contributed by atoms with Crippen LogP contribution in [0.15, 0.2) is 51.4 Å². The Morgan fingerprint density at radius 1 is 1.15 bits per heavy atom. The van der Waals surface area contributed by atoms with Crippen molar-refractivity contribution in [3.8, 4) is 0 Å². The number of hydrogen-bond acceptors (Lipinski definition) is 5. The van der Waals surface area contributed by atoms with Crippen LogP contribution in [0.3, 0.4) is 0 Å². The lowest BCUT2D eigenvalue weighted by atomic mass is 10.1. The molecule has 0 saturated heterocycles. The van der Waals surface area contributed by atoms with Gasteiger partial charge in [-0.2, -0.15) is 0 Å². The molecule has 0 N–H and O–H groups in total. The van der Waals surface area contributed by atoms with Crippen LogP contribution in [0.25, 0.3) is 16.0 Å². The van der Waals surface area contributed by atoms with Crippen molar-refractivity contribution in [3.05, 3.63) is 68.2 Å². The van der Waals surface area contributed by atoms with Gasteiger partial charge >= 0.3 is 5.69 Å². The number of thiophene rings is 1. The average Bonchev–Trinajstić information content (AvgIpc) is 3.25. The maximum Gasteiger partial charge on any atom is 0.352 e. The van der Waals surface area contributed by atoms with Crippen LogP contribution in [-0.4, -0.2) is 24.5 Å². The van der Waals surface area contributed by atoms with E-state index in [1.165, 1.54) is 20.3 Å². The molecule has 4 aromatic rings. The summed E-state index contributed by atoms with van der Waals surface area (Å²) in [6.07, 6.45) is 0.733. The number of carbonyl (C=O) groups is 1. The Hall–Kier alpha value is -3.00. The number of aryl methyl sites for hydroxylation is 1. The van der Waals surface area contributed by atoms with E-state index in [0.29, 0.717) is 22.3 Å². The first-order valence-electron chi connectivity index (χ1n) is 8.29. The molecule has 0 radical (unpaired) electrons. The van der Waals surface area contributed by atoms with Crippen molar-refractivity contribution in [3.63, 3.8) is 0 Å². The molecule has 7 nitrogen and oxygen atoms in total. The molecule has 0 bridgehead atoms. The zero-order valence-electron chi connectivity index (χ0n) is 14.1. The zero-order valence-corrected chi connectivity index (χ0v) is 14.9. The number of ketones is 1. The van der Waals surface area contributed by atoms with Crippen molar-refractivity contribution in [1.29, 1.82) is 0 Å². The minimum atomic E-state index is -0.419. The molecule has 0 aliphatic carbocycles. The molecule has 132 valence electrons. The summed E-state index contributed by atoms with van der Waals surface area (Å²) in [4.78, 5) is 38.0. The van der Waals surface area contributed by atoms with Crippen molar-refractivity contribution in [1.82, 2.24) is 18.7 Å². The van der Waals surface area contributed by atoms with Crippen molar-refractivity contribution >= 4 is 33.1 Å². The van der Waals surface area contributed by atoms with Crippen LogP contribution in [-0.2, 0) is 13.1 Å². The Morgan fingerprint density at radius 2 is 1.92 bits per heavy atom. The van der Waals surface area contributed by atoms with Crippen LogP contribution in [0.2, 0.25) is 0 Å². The monoisotopic (exact) mass is 368 g/mol. The van der Waals surface area contributed by atoms with Gasteiger partial charge in [-0.25, -0.2) is 13.9 Å². The lowest BCUT2D eigenvalue weighted by Gasteiger charge is -2.05. The molecule has 0 atom stereocenters. The number of rotatable bonds is 5. The summed E-state index contributed by atoms with van der Waals surface area (Å²) in [5.41, 5.74) is 0.474. The van der Waals surface area contributed by atoms with E-state index in [1.807, 2.05) is 13.0 Å². The van der Waals surface area contributed by atoms with Gasteiger partial charge in [0.25, 0.3) is 5.56 Å². The highest BCUT2D eigenvalue weighted by molar-refractivity contribution is 7.17. The minimum absolute atomic E-state index is 0.157. The third kappa shape index (κ3) is 2.50. The van der Waals surface area contributed by atoms with Crippen molar-refractivity contribution in [2.75, 3.05) is 0 Å². The summed E-state index contributed by atoms with van der Waals surface area (Å²) in [7, 11) is 0. The minimum Gasteiger partial charge on any atom is -0.292 e. The highest BCUT2D eigenvalue weighted by atomic mass is 32.1. The standard InChI is InChI=1S/C18H16N4O3S/c1-2-9-20-16(24)15-13(8-10-26-15)22-17(20)19-21(18(22)25)11-14(23)12-6-4-3-5-7-12/h3-8,10H,2,9,11H2,1H3. The molecule has 0 fully saturated rings. The molecule has 1 aromatic carbocycles. The number of hydrogen-bond donors (Lipinski definition) is 0. The van der Waals surface area contributed by atoms with E-state index < -0.39 is 5.69 Å². The molecule has 4 rings (SSSR count). The van der Waals surface area contributed by atoms with Crippen LogP contribution < -0.4 is 11.2 Å². The lowest BCUT2D eigenvalue weighted by Crippen LogP contribution is -2.27. The molecular formula is C18H16N4O3S. The Labute approximate surface area is 151 Å². The number of benzene rings is 1. The maximum absolute atomic E-state index is 12.9. The molecule has 0 unspecified atom stereocenters. The molecular weight excluding hydrogens is 352 g/mol. The van der Waals surface area contributed by atoms with Crippen molar-refractivity contribution in [2.24, 2.45) is 0 Å². The number of carbonyl (C=O) groups excluding carboxylic acids is 1. The van der Waals surface area contributed by atoms with Gasteiger partial charge in [0.15, 0.2) is 5.78 Å². The molecule has 26 heavy (non-hydrogen) atoms. The SMILES string of the molecule is CCCn1c(=O)c2sccc2n2c(=O)n(CC(=O)c3ccccc3)nc12. The average molecular weight is 368 g/mol. The normalized spacial score (nSPS) is 11.4. The Kier molecular flexibility index (Phi) is 4.04. The topological polar surface area (TPSA) is 78.4 Å². The van der Waals surface area contributed by atoms with E-state index in [9.17, 15) is 14.4 Å². The van der Waals surface area contributed by atoms with Gasteiger partial charge in [-0.15, -0.1) is 16.4 Å². The van der Waals surface area contributed by atoms with E-state index in [1.54, 1.807) is 35.7 Å². The van der Waals surface area contributed by atoms with Gasteiger partial charge in [0.05, 0.1) is 5.52 Å². The number of nitrogens with zero attached hydrogens (tertiary/aromatic N) is 4. The Balaban J connectivity index is 1.91. The van der Waals surface area contributed by atoms with Gasteiger partial charge in [0.1, 0.15) is 11.2 Å². The predicted molar refractivity (Wildman–Crippen MR) is 100 cm³/mol. The van der Waals surface area contributed by atoms with E-state index >= 15 is 0 Å². The molecule has 0 spiro atoms. The first-order valence-corrected chi connectivity index (χ1v) is 9.17. The van der Waals surface area contributed by atoms with E-state index in [-0.39, 0.29) is 23.7 Å². The fourth-order valence-electron chi connectivity index (χ4n) is 3.01. The summed E-state index contributed by atoms with van der Waals surface area (Å²) in [6.45, 7) is 2.24. The maximum atomic E-state index is 12.9. The highest BCUT2D eigenvalue weighted by Gasteiger charge is 2.19. The van der Waals surface area contributed by atoms with Gasteiger partial charge in [-0.3, -0.25) is 14.2 Å². The summed E-state index contributed by atoms with van der Waals surface area (Å²) in [5, 5.41) is 6.08. The molecule has 3 aromatic heterocycles. The quantitative estimate of drug-likeness (QED) is 0.506. The van der Waals surface area contributed by atoms with Gasteiger partial charge < -0.3 is 0 Å². The van der Waals surface area contributed by atoms with Gasteiger partial charge in [0, 0.05) is 12.1 Å². The van der Waals surface area contributed by atoms with Gasteiger partial charge in [-0.05, 0) is 17.9 Å². The molecule has 8 heteroatoms. The van der Waals surface area contributed by atoms with Crippen molar-refractivity contribution < 1.29 is 4.79 Å². The molecule has 3 heterocycles. The molecule has 0 amide bonds. The molecule has 0 saturated carbocycles. The highest BCUT2D eigenvalue weighted by Crippen LogP contribution is 2.17. The van der Waals surface area contributed by atoms with E-state index in [2.05, 4.69) is 5.10 Å². The Morgan fingerprint density at radius 3 is 2.65 bits per heavy atom. The Bertz CT molecular complexity index is 1230. The summed E-state index contributed by atoms with van der Waals surface area (Å²) in [5.74, 6) is 0.0654. The van der Waals surface area contributed by atoms with E-state index in [0.717, 1.165) is 11.1 Å². The fraction of sp³-hybridized carbons (Fsp3) is 0.222. The molecule has 0 aliphatic heterocycles. The van der Waals surface area contributed by atoms with Crippen molar-refractivity contribution in [2.45, 2.75) is 26.4 Å². The van der Waals surface area contributed by atoms with Gasteiger partial charge in [0.2, 0.25) is 5.78 Å². The molecule has 0 aliphatic rings. The summed E-state index contributed by atoms with van der Waals surface area (Å²) < 4.78 is 4.57. The first kappa shape index (κ1) is 16.5. The number of Topliss-reactive ketones (excluding diaryl/α,β-unsaturated/α-hetero) is 1. The second-order valence-corrected chi connectivity index (χ2v) is 6.87. The van der Waals surface area contributed by atoms with Crippen LogP contribution in [0, 0.1) is 0 Å². The smallest absolute Gasteiger partial charge is 0.292 e. The third-order valence-electron chi connectivity index (χ3n) is 4.22. The fourth-order valence-corrected chi connectivity index (χ4v) is 3.84. The number of aromatic nitrogens is 4. The zero-order chi connectivity index (χ0) is 18.3. The second kappa shape index (κ2) is 6.38. The van der Waals surface area contributed by atoms with Crippen LogP contribution >= 0.6 is 11.3 Å². The van der Waals surface area contributed by atoms with Gasteiger partial charge in [-0.1, -0.05) is 37.3 Å². The summed E-state index contributed by atoms with van der Waals surface area (Å²) in [6, 6.07) is 10.5. The largest absolute Gasteiger partial charge is 0.352 e. The van der Waals surface area contributed by atoms with Crippen LogP contribution in [0.4, 0.5) is 0 Å². The first-order chi connectivity index (χ1) is 12.6. The lowest BCUT2D eigenvalue weighted by molar-refractivity contribution is 0.0966. The number of fused-ring (bicyclic) bond motifs is 3. The van der Waals surface area contributed by atoms with Crippen LogP contribution in [0.5, 0.6) is 0 Å².